The number of rotatable bonds is 3. The Morgan fingerprint density at radius 1 is 1.14 bits per heavy atom. The van der Waals surface area contributed by atoms with Crippen LogP contribution in [-0.4, -0.2) is 14.9 Å². The zero-order valence-electron chi connectivity index (χ0n) is 13.3. The SMILES string of the molecule is CC(C)n1ncc(Br)c1C(O)c1ccc(C(C)(C)C)cc1. The van der Waals surface area contributed by atoms with Crippen LogP contribution < -0.4 is 0 Å². The summed E-state index contributed by atoms with van der Waals surface area (Å²) in [6.45, 7) is 10.7. The van der Waals surface area contributed by atoms with Crippen LogP contribution in [0.15, 0.2) is 34.9 Å². The highest BCUT2D eigenvalue weighted by atomic mass is 79.9. The van der Waals surface area contributed by atoms with Crippen molar-refractivity contribution in [2.75, 3.05) is 0 Å². The number of halogens is 1. The minimum Gasteiger partial charge on any atom is -0.382 e. The van der Waals surface area contributed by atoms with Gasteiger partial charge in [0.25, 0.3) is 0 Å². The monoisotopic (exact) mass is 350 g/mol. The summed E-state index contributed by atoms with van der Waals surface area (Å²) in [5.41, 5.74) is 3.05. The fourth-order valence-electron chi connectivity index (χ4n) is 2.34. The summed E-state index contributed by atoms with van der Waals surface area (Å²) in [6, 6.07) is 8.37. The molecule has 0 aliphatic rings. The van der Waals surface area contributed by atoms with Crippen LogP contribution in [0.25, 0.3) is 0 Å². The van der Waals surface area contributed by atoms with Gasteiger partial charge in [0.2, 0.25) is 0 Å². The first kappa shape index (κ1) is 16.2. The predicted molar refractivity (Wildman–Crippen MR) is 89.5 cm³/mol. The van der Waals surface area contributed by atoms with Gasteiger partial charge in [0.15, 0.2) is 0 Å². The van der Waals surface area contributed by atoms with Crippen LogP contribution >= 0.6 is 15.9 Å². The van der Waals surface area contributed by atoms with E-state index in [1.807, 2.05) is 16.8 Å². The van der Waals surface area contributed by atoms with Crippen LogP contribution in [0.2, 0.25) is 0 Å². The maximum atomic E-state index is 10.7. The Bertz CT molecular complexity index is 609. The van der Waals surface area contributed by atoms with Gasteiger partial charge in [-0.1, -0.05) is 45.0 Å². The lowest BCUT2D eigenvalue weighted by Gasteiger charge is -2.21. The molecule has 0 saturated heterocycles. The van der Waals surface area contributed by atoms with Crippen molar-refractivity contribution in [2.24, 2.45) is 0 Å². The molecule has 1 N–H and O–H groups in total. The van der Waals surface area contributed by atoms with Crippen molar-refractivity contribution < 1.29 is 5.11 Å². The minimum absolute atomic E-state index is 0.115. The molecule has 1 unspecified atom stereocenters. The van der Waals surface area contributed by atoms with Crippen molar-refractivity contribution in [3.63, 3.8) is 0 Å². The minimum atomic E-state index is -0.682. The van der Waals surface area contributed by atoms with Gasteiger partial charge in [-0.05, 0) is 46.3 Å². The van der Waals surface area contributed by atoms with Crippen molar-refractivity contribution >= 4 is 15.9 Å². The summed E-state index contributed by atoms with van der Waals surface area (Å²) >= 11 is 3.49. The van der Waals surface area contributed by atoms with E-state index in [1.165, 1.54) is 5.56 Å². The van der Waals surface area contributed by atoms with Crippen molar-refractivity contribution in [1.29, 1.82) is 0 Å². The van der Waals surface area contributed by atoms with Gasteiger partial charge in [0, 0.05) is 6.04 Å². The molecule has 4 heteroatoms. The average molecular weight is 351 g/mol. The Hall–Kier alpha value is -1.13. The van der Waals surface area contributed by atoms with Crippen LogP contribution in [0.4, 0.5) is 0 Å². The summed E-state index contributed by atoms with van der Waals surface area (Å²) in [7, 11) is 0. The van der Waals surface area contributed by atoms with Gasteiger partial charge in [-0.25, -0.2) is 0 Å². The molecule has 0 amide bonds. The maximum Gasteiger partial charge on any atom is 0.122 e. The van der Waals surface area contributed by atoms with Crippen LogP contribution in [0, 0.1) is 0 Å². The molecule has 0 fully saturated rings. The summed E-state index contributed by atoms with van der Waals surface area (Å²) in [5.74, 6) is 0. The quantitative estimate of drug-likeness (QED) is 0.877. The number of hydrogen-bond acceptors (Lipinski definition) is 2. The average Bonchev–Trinajstić information content (AvgIpc) is 2.79. The van der Waals surface area contributed by atoms with Gasteiger partial charge >= 0.3 is 0 Å². The largest absolute Gasteiger partial charge is 0.382 e. The fourth-order valence-corrected chi connectivity index (χ4v) is 2.83. The third-order valence-corrected chi connectivity index (χ3v) is 4.24. The van der Waals surface area contributed by atoms with E-state index in [4.69, 9.17) is 0 Å². The molecule has 114 valence electrons. The van der Waals surface area contributed by atoms with Gasteiger partial charge < -0.3 is 5.11 Å². The summed E-state index contributed by atoms with van der Waals surface area (Å²) in [6.07, 6.45) is 1.06. The summed E-state index contributed by atoms with van der Waals surface area (Å²) in [5, 5.41) is 15.0. The molecule has 0 saturated carbocycles. The molecular formula is C17H23BrN2O. The first-order valence-corrected chi connectivity index (χ1v) is 8.02. The van der Waals surface area contributed by atoms with E-state index in [1.54, 1.807) is 6.20 Å². The van der Waals surface area contributed by atoms with E-state index in [0.29, 0.717) is 0 Å². The Labute approximate surface area is 135 Å². The second-order valence-electron chi connectivity index (χ2n) is 6.69. The van der Waals surface area contributed by atoms with E-state index in [-0.39, 0.29) is 11.5 Å². The van der Waals surface area contributed by atoms with Gasteiger partial charge in [-0.3, -0.25) is 4.68 Å². The number of aliphatic hydroxyl groups is 1. The molecular weight excluding hydrogens is 328 g/mol. The molecule has 0 aliphatic carbocycles. The third-order valence-electron chi connectivity index (χ3n) is 3.63. The van der Waals surface area contributed by atoms with Crippen LogP contribution in [0.3, 0.4) is 0 Å². The molecule has 0 bridgehead atoms. The molecule has 1 aromatic carbocycles. The van der Waals surface area contributed by atoms with E-state index >= 15 is 0 Å². The number of hydrogen-bond donors (Lipinski definition) is 1. The molecule has 3 nitrogen and oxygen atoms in total. The summed E-state index contributed by atoms with van der Waals surface area (Å²) in [4.78, 5) is 0. The first-order valence-electron chi connectivity index (χ1n) is 7.23. The Morgan fingerprint density at radius 3 is 2.19 bits per heavy atom. The lowest BCUT2D eigenvalue weighted by atomic mass is 9.86. The lowest BCUT2D eigenvalue weighted by Crippen LogP contribution is -2.14. The number of nitrogens with zero attached hydrogens (tertiary/aromatic N) is 2. The predicted octanol–water partition coefficient (Wildman–Crippen LogP) is 4.61. The van der Waals surface area contributed by atoms with Crippen molar-refractivity contribution in [1.82, 2.24) is 9.78 Å². The van der Waals surface area contributed by atoms with E-state index in [0.717, 1.165) is 15.7 Å². The Balaban J connectivity index is 2.37. The molecule has 2 rings (SSSR count). The molecule has 1 atom stereocenters. The van der Waals surface area contributed by atoms with Gasteiger partial charge in [-0.2, -0.15) is 5.10 Å². The Morgan fingerprint density at radius 2 is 1.71 bits per heavy atom. The molecule has 21 heavy (non-hydrogen) atoms. The summed E-state index contributed by atoms with van der Waals surface area (Å²) < 4.78 is 2.69. The Kier molecular flexibility index (Phi) is 4.59. The van der Waals surface area contributed by atoms with Gasteiger partial charge in [-0.15, -0.1) is 0 Å². The molecule has 0 aliphatic heterocycles. The highest BCUT2D eigenvalue weighted by Gasteiger charge is 2.21. The topological polar surface area (TPSA) is 38.0 Å². The van der Waals surface area contributed by atoms with Crippen LogP contribution in [0.1, 0.15) is 63.6 Å². The third kappa shape index (κ3) is 3.38. The van der Waals surface area contributed by atoms with E-state index in [9.17, 15) is 5.11 Å². The van der Waals surface area contributed by atoms with Crippen molar-refractivity contribution in [3.05, 3.63) is 51.8 Å². The standard InChI is InChI=1S/C17H23BrN2O/c1-11(2)20-15(14(18)10-19-20)16(21)12-6-8-13(9-7-12)17(3,4)5/h6-11,16,21H,1-5H3. The van der Waals surface area contributed by atoms with Gasteiger partial charge in [0.05, 0.1) is 16.4 Å². The second kappa shape index (κ2) is 5.93. The lowest BCUT2D eigenvalue weighted by molar-refractivity contribution is 0.204. The molecule has 1 aromatic heterocycles. The van der Waals surface area contributed by atoms with Crippen LogP contribution in [0.5, 0.6) is 0 Å². The molecule has 0 spiro atoms. The highest BCUT2D eigenvalue weighted by Crippen LogP contribution is 2.31. The van der Waals surface area contributed by atoms with Crippen LogP contribution in [-0.2, 0) is 5.41 Å². The smallest absolute Gasteiger partial charge is 0.122 e. The van der Waals surface area contributed by atoms with E-state index < -0.39 is 6.10 Å². The number of aliphatic hydroxyl groups excluding tert-OH is 1. The van der Waals surface area contributed by atoms with Crippen molar-refractivity contribution in [3.8, 4) is 0 Å². The fraction of sp³-hybridized carbons (Fsp3) is 0.471. The first-order chi connectivity index (χ1) is 9.71. The molecule has 1 heterocycles. The molecule has 2 aromatic rings. The second-order valence-corrected chi connectivity index (χ2v) is 7.54. The number of aromatic nitrogens is 2. The zero-order chi connectivity index (χ0) is 15.8. The maximum absolute atomic E-state index is 10.7. The number of benzene rings is 1. The normalized spacial score (nSPS) is 13.7. The molecule has 0 radical (unpaired) electrons. The van der Waals surface area contributed by atoms with Gasteiger partial charge in [0.1, 0.15) is 6.10 Å². The zero-order valence-corrected chi connectivity index (χ0v) is 14.8. The highest BCUT2D eigenvalue weighted by molar-refractivity contribution is 9.10. The van der Waals surface area contributed by atoms with E-state index in [2.05, 4.69) is 67.8 Å². The van der Waals surface area contributed by atoms with Crippen molar-refractivity contribution in [2.45, 2.75) is 52.2 Å².